The summed E-state index contributed by atoms with van der Waals surface area (Å²) in [5.74, 6) is -0.105. The second kappa shape index (κ2) is 3.96. The van der Waals surface area contributed by atoms with Crippen molar-refractivity contribution in [1.82, 2.24) is 5.32 Å². The summed E-state index contributed by atoms with van der Waals surface area (Å²) in [6.07, 6.45) is 0. The second-order valence-electron chi connectivity index (χ2n) is 3.69. The number of anilines is 1. The molecule has 1 fully saturated rings. The van der Waals surface area contributed by atoms with Crippen molar-refractivity contribution in [2.75, 3.05) is 31.1 Å². The van der Waals surface area contributed by atoms with Crippen molar-refractivity contribution >= 4 is 5.69 Å². The highest BCUT2D eigenvalue weighted by atomic mass is 19.1. The van der Waals surface area contributed by atoms with E-state index >= 15 is 0 Å². The second-order valence-corrected chi connectivity index (χ2v) is 3.69. The van der Waals surface area contributed by atoms with E-state index in [4.69, 9.17) is 0 Å². The summed E-state index contributed by atoms with van der Waals surface area (Å²) in [6, 6.07) is 5.42. The molecule has 2 nitrogen and oxygen atoms in total. The lowest BCUT2D eigenvalue weighted by molar-refractivity contribution is 0.566. The molecule has 1 saturated heterocycles. The molecule has 76 valence electrons. The number of rotatable bonds is 1. The van der Waals surface area contributed by atoms with Gasteiger partial charge in [0.2, 0.25) is 0 Å². The molecule has 0 saturated carbocycles. The average molecular weight is 194 g/mol. The topological polar surface area (TPSA) is 15.3 Å². The number of piperazine rings is 1. The van der Waals surface area contributed by atoms with E-state index in [1.165, 1.54) is 0 Å². The van der Waals surface area contributed by atoms with Crippen LogP contribution in [0.5, 0.6) is 0 Å². The molecular formula is C11H15FN2. The zero-order valence-corrected chi connectivity index (χ0v) is 8.39. The number of benzene rings is 1. The fourth-order valence-electron chi connectivity index (χ4n) is 1.77. The Balaban J connectivity index is 2.22. The van der Waals surface area contributed by atoms with Crippen molar-refractivity contribution in [3.05, 3.63) is 29.6 Å². The summed E-state index contributed by atoms with van der Waals surface area (Å²) in [6.45, 7) is 5.56. The van der Waals surface area contributed by atoms with Crippen LogP contribution >= 0.6 is 0 Å². The van der Waals surface area contributed by atoms with Crippen LogP contribution in [0.15, 0.2) is 18.2 Å². The fourth-order valence-corrected chi connectivity index (χ4v) is 1.77. The molecule has 0 bridgehead atoms. The highest BCUT2D eigenvalue weighted by molar-refractivity contribution is 5.49. The molecule has 3 heteroatoms. The van der Waals surface area contributed by atoms with Gasteiger partial charge in [-0.15, -0.1) is 0 Å². The van der Waals surface area contributed by atoms with Crippen molar-refractivity contribution in [3.8, 4) is 0 Å². The van der Waals surface area contributed by atoms with Crippen LogP contribution < -0.4 is 10.2 Å². The lowest BCUT2D eigenvalue weighted by Crippen LogP contribution is -2.43. The predicted octanol–water partition coefficient (Wildman–Crippen LogP) is 1.54. The van der Waals surface area contributed by atoms with Gasteiger partial charge in [-0.1, -0.05) is 6.07 Å². The normalized spacial score (nSPS) is 17.1. The van der Waals surface area contributed by atoms with Crippen LogP contribution in [-0.2, 0) is 0 Å². The first-order chi connectivity index (χ1) is 6.77. The molecule has 0 aliphatic carbocycles. The third-order valence-corrected chi connectivity index (χ3v) is 2.56. The molecule has 0 atom stereocenters. The molecule has 0 spiro atoms. The molecule has 14 heavy (non-hydrogen) atoms. The monoisotopic (exact) mass is 194 g/mol. The van der Waals surface area contributed by atoms with Crippen molar-refractivity contribution in [1.29, 1.82) is 0 Å². The highest BCUT2D eigenvalue weighted by Crippen LogP contribution is 2.20. The Morgan fingerprint density at radius 1 is 1.29 bits per heavy atom. The molecule has 2 rings (SSSR count). The van der Waals surface area contributed by atoms with E-state index in [0.29, 0.717) is 0 Å². The summed E-state index contributed by atoms with van der Waals surface area (Å²) in [5.41, 5.74) is 1.71. The van der Waals surface area contributed by atoms with E-state index in [9.17, 15) is 4.39 Å². The minimum atomic E-state index is -0.105. The van der Waals surface area contributed by atoms with E-state index in [1.807, 2.05) is 19.1 Å². The molecule has 1 aromatic carbocycles. The van der Waals surface area contributed by atoms with Crippen LogP contribution in [-0.4, -0.2) is 26.2 Å². The summed E-state index contributed by atoms with van der Waals surface area (Å²) in [7, 11) is 0. The Kier molecular flexibility index (Phi) is 2.68. The quantitative estimate of drug-likeness (QED) is 0.729. The zero-order valence-electron chi connectivity index (χ0n) is 8.39. The van der Waals surface area contributed by atoms with Gasteiger partial charge in [-0.2, -0.15) is 0 Å². The molecule has 1 N–H and O–H groups in total. The van der Waals surface area contributed by atoms with Crippen molar-refractivity contribution in [2.45, 2.75) is 6.92 Å². The first-order valence-electron chi connectivity index (χ1n) is 4.99. The Morgan fingerprint density at radius 2 is 2.00 bits per heavy atom. The van der Waals surface area contributed by atoms with Crippen LogP contribution in [0.1, 0.15) is 5.56 Å². The predicted molar refractivity (Wildman–Crippen MR) is 56.2 cm³/mol. The van der Waals surface area contributed by atoms with Gasteiger partial charge < -0.3 is 10.2 Å². The zero-order chi connectivity index (χ0) is 9.97. The minimum absolute atomic E-state index is 0.105. The van der Waals surface area contributed by atoms with Crippen molar-refractivity contribution < 1.29 is 4.39 Å². The maximum Gasteiger partial charge on any atom is 0.146 e. The van der Waals surface area contributed by atoms with Gasteiger partial charge >= 0.3 is 0 Å². The Morgan fingerprint density at radius 3 is 2.64 bits per heavy atom. The number of aryl methyl sites for hydroxylation is 1. The molecule has 0 unspecified atom stereocenters. The van der Waals surface area contributed by atoms with Gasteiger partial charge in [0, 0.05) is 26.2 Å². The van der Waals surface area contributed by atoms with Gasteiger partial charge in [0.05, 0.1) is 5.69 Å². The highest BCUT2D eigenvalue weighted by Gasteiger charge is 2.13. The fraction of sp³-hybridized carbons (Fsp3) is 0.455. The van der Waals surface area contributed by atoms with Gasteiger partial charge in [-0.25, -0.2) is 4.39 Å². The Labute approximate surface area is 83.7 Å². The van der Waals surface area contributed by atoms with E-state index in [1.54, 1.807) is 6.07 Å². The smallest absolute Gasteiger partial charge is 0.146 e. The number of hydrogen-bond acceptors (Lipinski definition) is 2. The van der Waals surface area contributed by atoms with Crippen molar-refractivity contribution in [2.24, 2.45) is 0 Å². The third-order valence-electron chi connectivity index (χ3n) is 2.56. The third kappa shape index (κ3) is 1.87. The van der Waals surface area contributed by atoms with Gasteiger partial charge in [0.1, 0.15) is 5.82 Å². The SMILES string of the molecule is Cc1ccc(N2CCNCC2)c(F)c1. The first-order valence-corrected chi connectivity index (χ1v) is 4.99. The van der Waals surface area contributed by atoms with Gasteiger partial charge in [-0.05, 0) is 24.6 Å². The summed E-state index contributed by atoms with van der Waals surface area (Å²) in [5, 5.41) is 3.25. The van der Waals surface area contributed by atoms with Gasteiger partial charge in [0.15, 0.2) is 0 Å². The molecule has 0 radical (unpaired) electrons. The lowest BCUT2D eigenvalue weighted by atomic mass is 10.2. The standard InChI is InChI=1S/C11H15FN2/c1-9-2-3-11(10(12)8-9)14-6-4-13-5-7-14/h2-3,8,13H,4-7H2,1H3. The van der Waals surface area contributed by atoms with Gasteiger partial charge in [-0.3, -0.25) is 0 Å². The number of halogens is 1. The van der Waals surface area contributed by atoms with E-state index in [2.05, 4.69) is 10.2 Å². The number of nitrogens with zero attached hydrogens (tertiary/aromatic N) is 1. The largest absolute Gasteiger partial charge is 0.367 e. The molecule has 0 amide bonds. The summed E-state index contributed by atoms with van der Waals surface area (Å²) in [4.78, 5) is 2.09. The minimum Gasteiger partial charge on any atom is -0.367 e. The number of hydrogen-bond donors (Lipinski definition) is 1. The summed E-state index contributed by atoms with van der Waals surface area (Å²) >= 11 is 0. The van der Waals surface area contributed by atoms with Crippen molar-refractivity contribution in [3.63, 3.8) is 0 Å². The molecule has 1 heterocycles. The molecule has 1 aliphatic rings. The first kappa shape index (κ1) is 9.46. The van der Waals surface area contributed by atoms with Crippen LogP contribution in [0.4, 0.5) is 10.1 Å². The molecule has 1 aromatic rings. The average Bonchev–Trinajstić information content (AvgIpc) is 2.19. The number of nitrogens with one attached hydrogen (secondary N) is 1. The van der Waals surface area contributed by atoms with E-state index in [-0.39, 0.29) is 5.82 Å². The Hall–Kier alpha value is -1.09. The maximum atomic E-state index is 13.6. The van der Waals surface area contributed by atoms with Crippen LogP contribution in [0.3, 0.4) is 0 Å². The Bertz CT molecular complexity index is 319. The van der Waals surface area contributed by atoms with E-state index in [0.717, 1.165) is 37.4 Å². The molecular weight excluding hydrogens is 179 g/mol. The van der Waals surface area contributed by atoms with Gasteiger partial charge in [0.25, 0.3) is 0 Å². The van der Waals surface area contributed by atoms with Crippen LogP contribution in [0.2, 0.25) is 0 Å². The van der Waals surface area contributed by atoms with E-state index < -0.39 is 0 Å². The van der Waals surface area contributed by atoms with Crippen LogP contribution in [0, 0.1) is 12.7 Å². The van der Waals surface area contributed by atoms with Crippen LogP contribution in [0.25, 0.3) is 0 Å². The summed E-state index contributed by atoms with van der Waals surface area (Å²) < 4.78 is 13.6. The maximum absolute atomic E-state index is 13.6. The lowest BCUT2D eigenvalue weighted by Gasteiger charge is -2.29. The molecule has 0 aromatic heterocycles. The molecule has 1 aliphatic heterocycles.